The fourth-order valence-electron chi connectivity index (χ4n) is 5.87. The Morgan fingerprint density at radius 3 is 1.55 bits per heavy atom. The van der Waals surface area contributed by atoms with Crippen LogP contribution in [-0.4, -0.2) is 140 Å². The van der Waals surface area contributed by atoms with Crippen LogP contribution in [0.4, 0.5) is 0 Å². The molecule has 24 heteroatoms. The van der Waals surface area contributed by atoms with Gasteiger partial charge in [0, 0.05) is 19.3 Å². The topological polar surface area (TPSA) is 408 Å². The summed E-state index contributed by atoms with van der Waals surface area (Å²) < 4.78 is 0. The molecule has 16 N–H and O–H groups in total. The zero-order chi connectivity index (χ0) is 49.1. The molecular weight excluding hydrogens is 858 g/mol. The number of hydrogen-bond acceptors (Lipinski definition) is 14. The second kappa shape index (κ2) is 25.7. The summed E-state index contributed by atoms with van der Waals surface area (Å²) in [7, 11) is 0. The number of aromatic hydroxyl groups is 2. The van der Waals surface area contributed by atoms with Crippen LogP contribution >= 0.6 is 0 Å². The van der Waals surface area contributed by atoms with Gasteiger partial charge in [0.2, 0.25) is 47.3 Å². The van der Waals surface area contributed by atoms with E-state index in [4.69, 9.17) is 11.5 Å². The Morgan fingerprint density at radius 2 is 1.08 bits per heavy atom. The SMILES string of the molecule is CC(C)[C@H](NC(=O)[C@@H](N)CCC(N)=O)C(=O)NCC(=O)N[C@H](C(=O)N[C@@H](C)C(=O)N[C@@H](Cc1ccc(O)cc1)C(=O)N[C@@H](CC(=O)O)C(=O)N[C@@H](Cc1ccc(O)cc1)C(=O)O)[C@@H](C)O. The van der Waals surface area contributed by atoms with Crippen LogP contribution in [0.1, 0.15) is 58.1 Å². The fourth-order valence-corrected chi connectivity index (χ4v) is 5.87. The predicted octanol–water partition coefficient (Wildman–Crippen LogP) is -3.88. The molecule has 2 aromatic carbocycles. The summed E-state index contributed by atoms with van der Waals surface area (Å²) in [5.41, 5.74) is 11.6. The molecule has 8 atom stereocenters. The normalized spacial score (nSPS) is 14.6. The molecule has 0 radical (unpaired) electrons. The number of primary amides is 1. The molecule has 0 bridgehead atoms. The van der Waals surface area contributed by atoms with Gasteiger partial charge in [-0.1, -0.05) is 38.1 Å². The summed E-state index contributed by atoms with van der Waals surface area (Å²) in [6, 6.07) is 0.163. The van der Waals surface area contributed by atoms with Crippen LogP contribution < -0.4 is 48.7 Å². The van der Waals surface area contributed by atoms with Crippen molar-refractivity contribution in [2.75, 3.05) is 6.54 Å². The number of carbonyl (C=O) groups excluding carboxylic acids is 8. The lowest BCUT2D eigenvalue weighted by atomic mass is 10.0. The number of carboxylic acid groups (broad SMARTS) is 2. The first-order valence-corrected chi connectivity index (χ1v) is 20.2. The van der Waals surface area contributed by atoms with Crippen LogP contribution in [-0.2, 0) is 60.8 Å². The summed E-state index contributed by atoms with van der Waals surface area (Å²) in [4.78, 5) is 127. The molecule has 0 saturated heterocycles. The molecule has 2 rings (SSSR count). The molecule has 0 aromatic heterocycles. The van der Waals surface area contributed by atoms with Gasteiger partial charge in [-0.25, -0.2) is 4.79 Å². The van der Waals surface area contributed by atoms with Crippen molar-refractivity contribution < 1.29 is 73.5 Å². The number of phenols is 2. The van der Waals surface area contributed by atoms with E-state index in [1.807, 2.05) is 0 Å². The number of hydrogen-bond donors (Lipinski definition) is 14. The Morgan fingerprint density at radius 1 is 0.585 bits per heavy atom. The lowest BCUT2D eigenvalue weighted by Gasteiger charge is -2.26. The molecule has 0 fully saturated rings. The minimum Gasteiger partial charge on any atom is -0.508 e. The summed E-state index contributed by atoms with van der Waals surface area (Å²) in [6.45, 7) is 4.80. The van der Waals surface area contributed by atoms with E-state index in [0.29, 0.717) is 11.1 Å². The van der Waals surface area contributed by atoms with Gasteiger partial charge in [-0.2, -0.15) is 0 Å². The van der Waals surface area contributed by atoms with Gasteiger partial charge in [0.05, 0.1) is 25.1 Å². The molecule has 8 amide bonds. The molecule has 356 valence electrons. The second-order valence-corrected chi connectivity index (χ2v) is 15.4. The maximum Gasteiger partial charge on any atom is 0.326 e. The van der Waals surface area contributed by atoms with E-state index in [1.165, 1.54) is 55.5 Å². The maximum absolute atomic E-state index is 13.7. The van der Waals surface area contributed by atoms with Gasteiger partial charge in [-0.3, -0.25) is 43.2 Å². The van der Waals surface area contributed by atoms with Crippen molar-refractivity contribution in [3.05, 3.63) is 59.7 Å². The fraction of sp³-hybridized carbons (Fsp3) is 0.463. The van der Waals surface area contributed by atoms with Crippen molar-refractivity contribution in [2.24, 2.45) is 17.4 Å². The van der Waals surface area contributed by atoms with E-state index < -0.39 is 126 Å². The van der Waals surface area contributed by atoms with Crippen LogP contribution in [0.3, 0.4) is 0 Å². The summed E-state index contributed by atoms with van der Waals surface area (Å²) in [5.74, 6) is -11.4. The number of amides is 8. The number of carbonyl (C=O) groups is 10. The minimum atomic E-state index is -1.87. The van der Waals surface area contributed by atoms with Crippen molar-refractivity contribution in [2.45, 2.75) is 108 Å². The van der Waals surface area contributed by atoms with Crippen molar-refractivity contribution in [1.82, 2.24) is 37.2 Å². The molecule has 0 aliphatic rings. The van der Waals surface area contributed by atoms with E-state index in [0.717, 1.165) is 6.92 Å². The summed E-state index contributed by atoms with van der Waals surface area (Å²) >= 11 is 0. The lowest BCUT2D eigenvalue weighted by Crippen LogP contribution is -2.60. The van der Waals surface area contributed by atoms with Gasteiger partial charge in [-0.15, -0.1) is 0 Å². The van der Waals surface area contributed by atoms with E-state index >= 15 is 0 Å². The zero-order valence-electron chi connectivity index (χ0n) is 36.0. The highest BCUT2D eigenvalue weighted by Crippen LogP contribution is 2.14. The number of aliphatic carboxylic acids is 2. The van der Waals surface area contributed by atoms with Gasteiger partial charge in [0.25, 0.3) is 0 Å². The van der Waals surface area contributed by atoms with Crippen molar-refractivity contribution in [1.29, 1.82) is 0 Å². The third-order valence-electron chi connectivity index (χ3n) is 9.55. The maximum atomic E-state index is 13.7. The number of nitrogens with one attached hydrogen (secondary N) is 7. The molecule has 0 aliphatic carbocycles. The number of aliphatic hydroxyl groups is 1. The smallest absolute Gasteiger partial charge is 0.326 e. The first kappa shape index (κ1) is 53.8. The van der Waals surface area contributed by atoms with Crippen molar-refractivity contribution in [3.63, 3.8) is 0 Å². The number of phenolic OH excluding ortho intramolecular Hbond substituents is 2. The largest absolute Gasteiger partial charge is 0.508 e. The molecule has 65 heavy (non-hydrogen) atoms. The van der Waals surface area contributed by atoms with E-state index in [9.17, 15) is 73.5 Å². The van der Waals surface area contributed by atoms with Crippen LogP contribution in [0.25, 0.3) is 0 Å². The highest BCUT2D eigenvalue weighted by Gasteiger charge is 2.34. The van der Waals surface area contributed by atoms with Gasteiger partial charge in [-0.05, 0) is 61.6 Å². The highest BCUT2D eigenvalue weighted by molar-refractivity contribution is 5.98. The van der Waals surface area contributed by atoms with Crippen molar-refractivity contribution >= 4 is 59.2 Å². The molecule has 0 unspecified atom stereocenters. The number of rotatable bonds is 26. The quantitative estimate of drug-likeness (QED) is 0.0429. The average Bonchev–Trinajstić information content (AvgIpc) is 3.22. The Labute approximate surface area is 372 Å². The molecule has 2 aromatic rings. The van der Waals surface area contributed by atoms with Gasteiger partial charge >= 0.3 is 11.9 Å². The van der Waals surface area contributed by atoms with Crippen LogP contribution in [0.2, 0.25) is 0 Å². The molecule has 0 saturated carbocycles. The second-order valence-electron chi connectivity index (χ2n) is 15.4. The van der Waals surface area contributed by atoms with Crippen LogP contribution in [0.5, 0.6) is 11.5 Å². The highest BCUT2D eigenvalue weighted by atomic mass is 16.4. The van der Waals surface area contributed by atoms with Crippen LogP contribution in [0.15, 0.2) is 48.5 Å². The number of aliphatic hydroxyl groups excluding tert-OH is 1. The third-order valence-corrected chi connectivity index (χ3v) is 9.55. The van der Waals surface area contributed by atoms with E-state index in [1.54, 1.807) is 13.8 Å². The monoisotopic (exact) mass is 915 g/mol. The van der Waals surface area contributed by atoms with E-state index in [-0.39, 0.29) is 37.2 Å². The predicted molar refractivity (Wildman–Crippen MR) is 227 cm³/mol. The first-order chi connectivity index (χ1) is 30.4. The van der Waals surface area contributed by atoms with Crippen molar-refractivity contribution in [3.8, 4) is 11.5 Å². The van der Waals surface area contributed by atoms with Gasteiger partial charge in [0.15, 0.2) is 0 Å². The Hall–Kier alpha value is -7.34. The number of nitrogens with two attached hydrogens (primary N) is 2. The molecule has 0 aliphatic heterocycles. The molecule has 0 heterocycles. The van der Waals surface area contributed by atoms with Gasteiger partial charge in [0.1, 0.15) is 47.8 Å². The Bertz CT molecular complexity index is 2030. The molecule has 24 nitrogen and oxygen atoms in total. The van der Waals surface area contributed by atoms with Crippen LogP contribution in [0, 0.1) is 5.92 Å². The summed E-state index contributed by atoms with van der Waals surface area (Å²) in [5, 5.41) is 65.1. The summed E-state index contributed by atoms with van der Waals surface area (Å²) in [6.07, 6.45) is -3.44. The van der Waals surface area contributed by atoms with E-state index in [2.05, 4.69) is 37.2 Å². The Kier molecular flexibility index (Phi) is 21.3. The lowest BCUT2D eigenvalue weighted by molar-refractivity contribution is -0.143. The molecular formula is C41H57N9O15. The number of carboxylic acids is 2. The first-order valence-electron chi connectivity index (χ1n) is 20.2. The van der Waals surface area contributed by atoms with Gasteiger partial charge < -0.3 is 74.2 Å². The average molecular weight is 916 g/mol. The minimum absolute atomic E-state index is 0.0763. The molecule has 0 spiro atoms. The standard InChI is InChI=1S/C41H57N9O15/c1-19(2)33(50-36(59)26(42)13-14-30(43)54)39(62)44-18-31(55)49-34(21(4)51)40(63)45-20(3)35(58)46-27(15-22-5-9-24(52)10-6-22)37(60)47-28(17-32(56)57)38(61)48-29(41(64)65)16-23-7-11-25(53)12-8-23/h5-12,19-21,26-29,33-34,51-53H,13-18,42H2,1-4H3,(H2,43,54)(H,44,62)(H,45,63)(H,46,58)(H,47,60)(H,48,61)(H,49,55)(H,50,59)(H,56,57)(H,64,65)/t20-,21+,26-,27-,28-,29-,33-,34-/m0/s1. The third kappa shape index (κ3) is 18.9. The number of benzene rings is 2. The Balaban J connectivity index is 2.18. The zero-order valence-corrected chi connectivity index (χ0v) is 36.0.